The number of nitrogens with zero attached hydrogens (tertiary/aromatic N) is 4. The van der Waals surface area contributed by atoms with Crippen molar-refractivity contribution in [2.24, 2.45) is 12.8 Å². The van der Waals surface area contributed by atoms with E-state index in [9.17, 15) is 0 Å². The lowest BCUT2D eigenvalue weighted by Crippen LogP contribution is -2.01. The maximum atomic E-state index is 5.55. The van der Waals surface area contributed by atoms with Crippen LogP contribution in [-0.2, 0) is 13.6 Å². The second-order valence-electron chi connectivity index (χ2n) is 3.16. The number of tetrazole rings is 1. The van der Waals surface area contributed by atoms with E-state index >= 15 is 0 Å². The van der Waals surface area contributed by atoms with Crippen LogP contribution in [0.3, 0.4) is 0 Å². The molecule has 0 radical (unpaired) electrons. The molecule has 0 fully saturated rings. The lowest BCUT2D eigenvalue weighted by molar-refractivity contribution is 0.715. The predicted molar refractivity (Wildman–Crippen MR) is 56.4 cm³/mol. The van der Waals surface area contributed by atoms with Gasteiger partial charge in [0.2, 0.25) is 5.95 Å². The second-order valence-corrected chi connectivity index (χ2v) is 3.16. The number of rotatable bonds is 3. The van der Waals surface area contributed by atoms with E-state index in [0.29, 0.717) is 12.5 Å². The van der Waals surface area contributed by atoms with Crippen molar-refractivity contribution in [1.29, 1.82) is 0 Å². The monoisotopic (exact) mass is 204 g/mol. The first-order valence-electron chi connectivity index (χ1n) is 4.58. The average Bonchev–Trinajstić information content (AvgIpc) is 2.65. The number of nitrogens with one attached hydrogen (secondary N) is 1. The van der Waals surface area contributed by atoms with Crippen LogP contribution in [0.5, 0.6) is 0 Å². The molecule has 0 aliphatic carbocycles. The molecule has 1 aromatic carbocycles. The van der Waals surface area contributed by atoms with E-state index in [-0.39, 0.29) is 0 Å². The predicted octanol–water partition coefficient (Wildman–Crippen LogP) is 0.412. The zero-order chi connectivity index (χ0) is 10.7. The van der Waals surface area contributed by atoms with Gasteiger partial charge in [-0.1, -0.05) is 17.2 Å². The number of benzene rings is 1. The molecule has 0 unspecified atom stereocenters. The first-order chi connectivity index (χ1) is 7.29. The van der Waals surface area contributed by atoms with Crippen LogP contribution in [0.4, 0.5) is 11.6 Å². The van der Waals surface area contributed by atoms with Crippen LogP contribution in [-0.4, -0.2) is 20.2 Å². The van der Waals surface area contributed by atoms with Crippen molar-refractivity contribution in [3.8, 4) is 0 Å². The van der Waals surface area contributed by atoms with Gasteiger partial charge >= 0.3 is 0 Å². The van der Waals surface area contributed by atoms with E-state index < -0.39 is 0 Å². The first-order valence-corrected chi connectivity index (χ1v) is 4.58. The molecule has 78 valence electrons. The summed E-state index contributed by atoms with van der Waals surface area (Å²) in [7, 11) is 1.77. The Morgan fingerprint density at radius 2 is 2.33 bits per heavy atom. The summed E-state index contributed by atoms with van der Waals surface area (Å²) in [5, 5.41) is 14.2. The first kappa shape index (κ1) is 9.60. The van der Waals surface area contributed by atoms with Gasteiger partial charge in [0.05, 0.1) is 0 Å². The van der Waals surface area contributed by atoms with Crippen LogP contribution in [0.15, 0.2) is 24.3 Å². The van der Waals surface area contributed by atoms with E-state index in [1.807, 2.05) is 24.3 Å². The molecule has 15 heavy (non-hydrogen) atoms. The topological polar surface area (TPSA) is 81.7 Å². The average molecular weight is 204 g/mol. The Morgan fingerprint density at radius 3 is 3.00 bits per heavy atom. The Bertz CT molecular complexity index is 449. The molecule has 6 nitrogen and oxygen atoms in total. The highest BCUT2D eigenvalue weighted by molar-refractivity contribution is 5.53. The number of anilines is 2. The van der Waals surface area contributed by atoms with Crippen LogP contribution in [0, 0.1) is 0 Å². The van der Waals surface area contributed by atoms with Crippen molar-refractivity contribution in [1.82, 2.24) is 20.2 Å². The summed E-state index contributed by atoms with van der Waals surface area (Å²) in [4.78, 5) is 0. The quantitative estimate of drug-likeness (QED) is 0.756. The molecular weight excluding hydrogens is 192 g/mol. The van der Waals surface area contributed by atoms with Gasteiger partial charge in [-0.15, -0.1) is 0 Å². The van der Waals surface area contributed by atoms with Gasteiger partial charge in [0.1, 0.15) is 0 Å². The number of aryl methyl sites for hydroxylation is 1. The Morgan fingerprint density at radius 1 is 1.47 bits per heavy atom. The van der Waals surface area contributed by atoms with Crippen molar-refractivity contribution < 1.29 is 0 Å². The van der Waals surface area contributed by atoms with Gasteiger partial charge in [-0.2, -0.15) is 0 Å². The Kier molecular flexibility index (Phi) is 2.59. The lowest BCUT2D eigenvalue weighted by atomic mass is 10.2. The smallest absolute Gasteiger partial charge is 0.247 e. The summed E-state index contributed by atoms with van der Waals surface area (Å²) in [6.45, 7) is 0.520. The van der Waals surface area contributed by atoms with Gasteiger partial charge in [-0.3, -0.25) is 0 Å². The third-order valence-corrected chi connectivity index (χ3v) is 2.04. The fourth-order valence-electron chi connectivity index (χ4n) is 1.24. The standard InChI is InChI=1S/C9H12N6/c1-15-9(12-13-14-15)11-8-4-2-3-7(5-8)6-10/h2-5H,6,10H2,1H3,(H,11,12,14). The van der Waals surface area contributed by atoms with Gasteiger partial charge in [-0.05, 0) is 28.1 Å². The Hall–Kier alpha value is -1.95. The van der Waals surface area contributed by atoms with Crippen molar-refractivity contribution in [2.75, 3.05) is 5.32 Å². The van der Waals surface area contributed by atoms with Crippen LogP contribution in [0.2, 0.25) is 0 Å². The highest BCUT2D eigenvalue weighted by atomic mass is 15.6. The molecule has 0 saturated heterocycles. The Labute approximate surface area is 87.1 Å². The molecule has 1 aromatic heterocycles. The van der Waals surface area contributed by atoms with Gasteiger partial charge in [0.15, 0.2) is 0 Å². The summed E-state index contributed by atoms with van der Waals surface area (Å²) in [5.74, 6) is 0.601. The van der Waals surface area contributed by atoms with Gasteiger partial charge < -0.3 is 11.1 Å². The number of nitrogens with two attached hydrogens (primary N) is 1. The lowest BCUT2D eigenvalue weighted by Gasteiger charge is -2.05. The Balaban J connectivity index is 2.21. The summed E-state index contributed by atoms with van der Waals surface area (Å²) in [5.41, 5.74) is 7.54. The minimum atomic E-state index is 0.520. The zero-order valence-electron chi connectivity index (χ0n) is 8.38. The summed E-state index contributed by atoms with van der Waals surface area (Å²) < 4.78 is 1.56. The number of aromatic nitrogens is 4. The molecule has 2 aromatic rings. The minimum absolute atomic E-state index is 0.520. The molecule has 0 spiro atoms. The molecule has 0 aliphatic heterocycles. The molecule has 0 atom stereocenters. The maximum Gasteiger partial charge on any atom is 0.247 e. The summed E-state index contributed by atoms with van der Waals surface area (Å²) >= 11 is 0. The molecule has 6 heteroatoms. The molecule has 0 saturated carbocycles. The molecule has 1 heterocycles. The largest absolute Gasteiger partial charge is 0.326 e. The van der Waals surface area contributed by atoms with Gasteiger partial charge in [-0.25, -0.2) is 4.68 Å². The molecular formula is C9H12N6. The molecule has 0 bridgehead atoms. The van der Waals surface area contributed by atoms with Crippen LogP contribution in [0.25, 0.3) is 0 Å². The molecule has 0 aliphatic rings. The fourth-order valence-corrected chi connectivity index (χ4v) is 1.24. The molecule has 0 amide bonds. The maximum absolute atomic E-state index is 5.55. The van der Waals surface area contributed by atoms with Crippen molar-refractivity contribution in [2.45, 2.75) is 6.54 Å². The zero-order valence-corrected chi connectivity index (χ0v) is 8.38. The minimum Gasteiger partial charge on any atom is -0.326 e. The van der Waals surface area contributed by atoms with E-state index in [0.717, 1.165) is 11.3 Å². The number of hydrogen-bond acceptors (Lipinski definition) is 5. The molecule has 2 rings (SSSR count). The van der Waals surface area contributed by atoms with Gasteiger partial charge in [0.25, 0.3) is 0 Å². The summed E-state index contributed by atoms with van der Waals surface area (Å²) in [6, 6.07) is 7.82. The third kappa shape index (κ3) is 2.10. The van der Waals surface area contributed by atoms with Crippen LogP contribution >= 0.6 is 0 Å². The van der Waals surface area contributed by atoms with E-state index in [4.69, 9.17) is 5.73 Å². The van der Waals surface area contributed by atoms with Crippen molar-refractivity contribution in [3.05, 3.63) is 29.8 Å². The highest BCUT2D eigenvalue weighted by Crippen LogP contribution is 2.14. The van der Waals surface area contributed by atoms with E-state index in [2.05, 4.69) is 20.8 Å². The SMILES string of the molecule is Cn1nnnc1Nc1cccc(CN)c1. The van der Waals surface area contributed by atoms with Crippen molar-refractivity contribution >= 4 is 11.6 Å². The van der Waals surface area contributed by atoms with Crippen molar-refractivity contribution in [3.63, 3.8) is 0 Å². The van der Waals surface area contributed by atoms with E-state index in [1.54, 1.807) is 11.7 Å². The fraction of sp³-hybridized carbons (Fsp3) is 0.222. The number of hydrogen-bond donors (Lipinski definition) is 2. The third-order valence-electron chi connectivity index (χ3n) is 2.04. The second kappa shape index (κ2) is 4.05. The van der Waals surface area contributed by atoms with E-state index in [1.165, 1.54) is 0 Å². The normalized spacial score (nSPS) is 10.3. The van der Waals surface area contributed by atoms with Crippen LogP contribution in [0.1, 0.15) is 5.56 Å². The van der Waals surface area contributed by atoms with Crippen LogP contribution < -0.4 is 11.1 Å². The highest BCUT2D eigenvalue weighted by Gasteiger charge is 2.01. The van der Waals surface area contributed by atoms with Gasteiger partial charge in [0, 0.05) is 19.3 Å². The summed E-state index contributed by atoms with van der Waals surface area (Å²) in [6.07, 6.45) is 0. The molecule has 3 N–H and O–H groups in total.